The molecule has 1 N–H and O–H groups in total. The first-order valence-electron chi connectivity index (χ1n) is 10.1. The van der Waals surface area contributed by atoms with E-state index in [0.29, 0.717) is 31.1 Å². The van der Waals surface area contributed by atoms with Crippen molar-refractivity contribution in [1.82, 2.24) is 5.32 Å². The van der Waals surface area contributed by atoms with Gasteiger partial charge in [0.1, 0.15) is 11.1 Å². The quantitative estimate of drug-likeness (QED) is 0.323. The summed E-state index contributed by atoms with van der Waals surface area (Å²) in [4.78, 5) is 23.8. The summed E-state index contributed by atoms with van der Waals surface area (Å²) in [7, 11) is 0. The maximum atomic E-state index is 12.2. The highest BCUT2D eigenvalue weighted by molar-refractivity contribution is 5.96. The van der Waals surface area contributed by atoms with E-state index in [1.165, 1.54) is 6.92 Å². The van der Waals surface area contributed by atoms with Crippen LogP contribution in [0.3, 0.4) is 0 Å². The maximum Gasteiger partial charge on any atom is 0.258 e. The van der Waals surface area contributed by atoms with Gasteiger partial charge in [0, 0.05) is 38.9 Å². The van der Waals surface area contributed by atoms with Crippen LogP contribution in [-0.2, 0) is 14.3 Å². The lowest BCUT2D eigenvalue weighted by molar-refractivity contribution is -0.126. The highest BCUT2D eigenvalue weighted by atomic mass is 16.5. The van der Waals surface area contributed by atoms with Gasteiger partial charge >= 0.3 is 0 Å². The second-order valence-electron chi connectivity index (χ2n) is 8.27. The number of benzene rings is 1. The van der Waals surface area contributed by atoms with Crippen molar-refractivity contribution < 1.29 is 23.8 Å². The van der Waals surface area contributed by atoms with Crippen molar-refractivity contribution in [2.45, 2.75) is 66.1 Å². The molecule has 1 aromatic rings. The molecular formula is C23H36NO5+. The Kier molecular flexibility index (Phi) is 9.66. The van der Waals surface area contributed by atoms with Crippen LogP contribution in [-0.4, -0.2) is 49.3 Å². The molecule has 162 valence electrons. The normalized spacial score (nSPS) is 13.5. The molecule has 6 nitrogen and oxygen atoms in total. The van der Waals surface area contributed by atoms with Crippen LogP contribution < -0.4 is 10.1 Å². The van der Waals surface area contributed by atoms with Crippen molar-refractivity contribution in [2.75, 3.05) is 26.4 Å². The standard InChI is InChI=1S/C23H35NO5/c1-8-18-14-19(10-11-20(18)17(3)25)27-15-21(26)24-16-23(7,9-2)29-13-12-28-22(4,5)6/h8,10-11,14H,9,12-13,15-16H2,1-7H3/p+1. The zero-order valence-corrected chi connectivity index (χ0v) is 18.9. The number of hydrogen-bond acceptors (Lipinski definition) is 5. The molecule has 6 heteroatoms. The first-order chi connectivity index (χ1) is 13.5. The van der Waals surface area contributed by atoms with Crippen LogP contribution in [0.15, 0.2) is 18.2 Å². The number of carbonyl (C=O) groups excluding carboxylic acids is 2. The number of ether oxygens (including phenoxy) is 3. The van der Waals surface area contributed by atoms with Gasteiger partial charge in [-0.3, -0.25) is 9.59 Å². The Morgan fingerprint density at radius 2 is 1.76 bits per heavy atom. The Morgan fingerprint density at radius 1 is 1.10 bits per heavy atom. The lowest BCUT2D eigenvalue weighted by Crippen LogP contribution is -2.44. The van der Waals surface area contributed by atoms with Crippen LogP contribution in [0.1, 0.15) is 70.8 Å². The summed E-state index contributed by atoms with van der Waals surface area (Å²) < 4.78 is 17.2. The average Bonchev–Trinajstić information content (AvgIpc) is 2.67. The number of carbonyl (C=O) groups is 2. The Labute approximate surface area is 175 Å². The largest absolute Gasteiger partial charge is 0.472 e. The third-order valence-electron chi connectivity index (χ3n) is 4.56. The highest BCUT2D eigenvalue weighted by Gasteiger charge is 2.24. The van der Waals surface area contributed by atoms with Crippen LogP contribution >= 0.6 is 0 Å². The topological polar surface area (TPSA) is 73.9 Å². The number of Topliss-reactive ketones (excluding diaryl/α,β-unsaturated/α-hetero) is 1. The van der Waals surface area contributed by atoms with Gasteiger partial charge in [-0.25, -0.2) is 0 Å². The second kappa shape index (κ2) is 11.2. The Hall–Kier alpha value is -2.05. The maximum absolute atomic E-state index is 12.2. The van der Waals surface area contributed by atoms with E-state index in [0.717, 1.165) is 12.0 Å². The lowest BCUT2D eigenvalue weighted by atomic mass is 10.0. The minimum atomic E-state index is -0.468. The molecule has 0 bridgehead atoms. The molecular weight excluding hydrogens is 370 g/mol. The average molecular weight is 407 g/mol. The van der Waals surface area contributed by atoms with Crippen molar-refractivity contribution >= 4 is 11.7 Å². The van der Waals surface area contributed by atoms with Crippen molar-refractivity contribution in [3.8, 4) is 5.75 Å². The minimum Gasteiger partial charge on any atom is -0.472 e. The molecule has 0 fully saturated rings. The monoisotopic (exact) mass is 406 g/mol. The summed E-state index contributed by atoms with van der Waals surface area (Å²) in [5.74, 6) is 0.318. The summed E-state index contributed by atoms with van der Waals surface area (Å²) >= 11 is 0. The lowest BCUT2D eigenvalue weighted by Gasteiger charge is -2.30. The van der Waals surface area contributed by atoms with Gasteiger partial charge < -0.3 is 19.5 Å². The first kappa shape index (κ1) is 25.0. The fraction of sp³-hybridized carbons (Fsp3) is 0.609. The van der Waals surface area contributed by atoms with E-state index in [9.17, 15) is 9.59 Å². The van der Waals surface area contributed by atoms with E-state index < -0.39 is 5.60 Å². The summed E-state index contributed by atoms with van der Waals surface area (Å²) in [6.45, 7) is 14.6. The molecule has 0 saturated carbocycles. The van der Waals surface area contributed by atoms with Gasteiger partial charge in [0.05, 0.1) is 30.5 Å². The molecule has 1 atom stereocenters. The summed E-state index contributed by atoms with van der Waals surface area (Å²) in [5.41, 5.74) is 0.760. The molecule has 0 heterocycles. The predicted octanol–water partition coefficient (Wildman–Crippen LogP) is 3.96. The molecule has 1 aromatic carbocycles. The van der Waals surface area contributed by atoms with Crippen LogP contribution in [0.4, 0.5) is 0 Å². The predicted molar refractivity (Wildman–Crippen MR) is 114 cm³/mol. The van der Waals surface area contributed by atoms with E-state index >= 15 is 0 Å². The number of ketones is 1. The molecule has 0 spiro atoms. The zero-order valence-electron chi connectivity index (χ0n) is 18.9. The number of nitrogens with one attached hydrogen (secondary N) is 1. The zero-order chi connectivity index (χ0) is 22.1. The number of hydrogen-bond donors (Lipinski definition) is 1. The molecule has 0 radical (unpaired) electrons. The van der Waals surface area contributed by atoms with Crippen LogP contribution in [0.25, 0.3) is 0 Å². The van der Waals surface area contributed by atoms with Crippen LogP contribution in [0.5, 0.6) is 5.75 Å². The van der Waals surface area contributed by atoms with Crippen LogP contribution in [0.2, 0.25) is 0 Å². The van der Waals surface area contributed by atoms with Crippen molar-refractivity contribution in [3.63, 3.8) is 0 Å². The van der Waals surface area contributed by atoms with Gasteiger partial charge in [-0.05, 0) is 34.1 Å². The molecule has 0 aliphatic rings. The molecule has 1 rings (SSSR count). The van der Waals surface area contributed by atoms with Crippen LogP contribution in [0, 0.1) is 6.42 Å². The van der Waals surface area contributed by atoms with E-state index in [-0.39, 0.29) is 23.9 Å². The molecule has 0 aliphatic carbocycles. The second-order valence-corrected chi connectivity index (χ2v) is 8.27. The SMILES string of the molecule is C[CH+]c1cc(OCC(=O)NCC(C)(CC)OCCOC(C)(C)C)ccc1C(C)=O. The molecule has 1 amide bonds. The fourth-order valence-corrected chi connectivity index (χ4v) is 2.59. The van der Waals surface area contributed by atoms with Crippen molar-refractivity contribution in [1.29, 1.82) is 0 Å². The molecule has 0 aliphatic heterocycles. The number of rotatable bonds is 12. The third-order valence-corrected chi connectivity index (χ3v) is 4.56. The van der Waals surface area contributed by atoms with Gasteiger partial charge in [0.15, 0.2) is 12.4 Å². The summed E-state index contributed by atoms with van der Waals surface area (Å²) in [6.07, 6.45) is 2.60. The molecule has 0 saturated heterocycles. The van der Waals surface area contributed by atoms with Crippen molar-refractivity contribution in [3.05, 3.63) is 35.7 Å². The fourth-order valence-electron chi connectivity index (χ4n) is 2.59. The van der Waals surface area contributed by atoms with Gasteiger partial charge in [0.2, 0.25) is 5.78 Å². The van der Waals surface area contributed by atoms with E-state index in [1.54, 1.807) is 18.2 Å². The highest BCUT2D eigenvalue weighted by Crippen LogP contribution is 2.20. The number of amides is 1. The Balaban J connectivity index is 2.48. The van der Waals surface area contributed by atoms with Gasteiger partial charge in [0.25, 0.3) is 5.91 Å². The Morgan fingerprint density at radius 3 is 2.31 bits per heavy atom. The first-order valence-corrected chi connectivity index (χ1v) is 10.1. The van der Waals surface area contributed by atoms with Gasteiger partial charge in [-0.2, -0.15) is 0 Å². The molecule has 29 heavy (non-hydrogen) atoms. The molecule has 0 aromatic heterocycles. The summed E-state index contributed by atoms with van der Waals surface area (Å²) in [5, 5.41) is 2.87. The van der Waals surface area contributed by atoms with Gasteiger partial charge in [-0.1, -0.05) is 6.92 Å². The third kappa shape index (κ3) is 9.33. The Bertz CT molecular complexity index is 680. The molecule has 1 unspecified atom stereocenters. The summed E-state index contributed by atoms with van der Waals surface area (Å²) in [6, 6.07) is 5.18. The van der Waals surface area contributed by atoms with E-state index in [1.807, 2.05) is 48.0 Å². The minimum absolute atomic E-state index is 0.00542. The van der Waals surface area contributed by atoms with Gasteiger partial charge in [-0.15, -0.1) is 0 Å². The van der Waals surface area contributed by atoms with E-state index in [4.69, 9.17) is 14.2 Å². The van der Waals surface area contributed by atoms with E-state index in [2.05, 4.69) is 5.32 Å². The van der Waals surface area contributed by atoms with Crippen molar-refractivity contribution in [2.24, 2.45) is 0 Å². The smallest absolute Gasteiger partial charge is 0.258 e.